The third-order valence-electron chi connectivity index (χ3n) is 4.69. The predicted molar refractivity (Wildman–Crippen MR) is 75.9 cm³/mol. The maximum absolute atomic E-state index is 4.39. The molecule has 0 radical (unpaired) electrons. The lowest BCUT2D eigenvalue weighted by Crippen LogP contribution is -2.38. The van der Waals surface area contributed by atoms with Crippen LogP contribution >= 0.6 is 0 Å². The van der Waals surface area contributed by atoms with Gasteiger partial charge in [-0.05, 0) is 44.4 Å². The lowest BCUT2D eigenvalue weighted by molar-refractivity contribution is 0.226. The summed E-state index contributed by atoms with van der Waals surface area (Å²) in [5.74, 6) is 4.00. The summed E-state index contributed by atoms with van der Waals surface area (Å²) >= 11 is 0. The average Bonchev–Trinajstić information content (AvgIpc) is 2.87. The minimum absolute atomic E-state index is 0.321. The van der Waals surface area contributed by atoms with Crippen LogP contribution in [0, 0.1) is 11.8 Å². The summed E-state index contributed by atoms with van der Waals surface area (Å²) in [5, 5.41) is 12.5. The van der Waals surface area contributed by atoms with E-state index in [4.69, 9.17) is 0 Å². The molecular formula is C15H26N4. The van der Waals surface area contributed by atoms with E-state index in [1.165, 1.54) is 31.5 Å². The predicted octanol–water partition coefficient (Wildman–Crippen LogP) is 2.70. The van der Waals surface area contributed by atoms with E-state index in [2.05, 4.69) is 40.9 Å². The summed E-state index contributed by atoms with van der Waals surface area (Å²) in [6, 6.07) is 0.963. The Kier molecular flexibility index (Phi) is 3.61. The highest BCUT2D eigenvalue weighted by Crippen LogP contribution is 2.30. The van der Waals surface area contributed by atoms with Gasteiger partial charge in [-0.3, -0.25) is 0 Å². The zero-order valence-electron chi connectivity index (χ0n) is 12.4. The van der Waals surface area contributed by atoms with E-state index in [-0.39, 0.29) is 0 Å². The minimum atomic E-state index is 0.321. The smallest absolute Gasteiger partial charge is 0.149 e. The molecule has 3 atom stereocenters. The van der Waals surface area contributed by atoms with Crippen molar-refractivity contribution in [2.45, 2.75) is 71.5 Å². The molecule has 0 bridgehead atoms. The van der Waals surface area contributed by atoms with Gasteiger partial charge in [-0.2, -0.15) is 0 Å². The minimum Gasteiger partial charge on any atom is -0.314 e. The second-order valence-electron chi connectivity index (χ2n) is 6.73. The fourth-order valence-corrected chi connectivity index (χ4v) is 4.00. The van der Waals surface area contributed by atoms with Crippen LogP contribution in [0.25, 0.3) is 0 Å². The molecule has 1 aliphatic carbocycles. The van der Waals surface area contributed by atoms with Crippen molar-refractivity contribution < 1.29 is 0 Å². The molecule has 2 aliphatic rings. The standard InChI is InChI=1S/C15H26N4/c1-10-7-11(2)9-13(8-10)16-12(3)15-18-17-14-5-4-6-19(14)15/h10-13,16H,4-9H2,1-3H3. The average molecular weight is 262 g/mol. The fourth-order valence-electron chi connectivity index (χ4n) is 4.00. The highest BCUT2D eigenvalue weighted by molar-refractivity contribution is 5.04. The molecule has 106 valence electrons. The molecular weight excluding hydrogens is 236 g/mol. The van der Waals surface area contributed by atoms with Crippen LogP contribution in [-0.4, -0.2) is 20.8 Å². The van der Waals surface area contributed by atoms with Gasteiger partial charge in [0.2, 0.25) is 0 Å². The van der Waals surface area contributed by atoms with Gasteiger partial charge < -0.3 is 9.88 Å². The zero-order valence-corrected chi connectivity index (χ0v) is 12.4. The first-order valence-electron chi connectivity index (χ1n) is 7.81. The second-order valence-corrected chi connectivity index (χ2v) is 6.73. The number of hydrogen-bond donors (Lipinski definition) is 1. The Bertz CT molecular complexity index is 429. The molecule has 1 fully saturated rings. The molecule has 1 N–H and O–H groups in total. The van der Waals surface area contributed by atoms with Gasteiger partial charge in [-0.15, -0.1) is 10.2 Å². The van der Waals surface area contributed by atoms with Crippen molar-refractivity contribution in [3.05, 3.63) is 11.6 Å². The second kappa shape index (κ2) is 5.23. The summed E-state index contributed by atoms with van der Waals surface area (Å²) < 4.78 is 2.31. The van der Waals surface area contributed by atoms with Crippen LogP contribution in [0.15, 0.2) is 0 Å². The van der Waals surface area contributed by atoms with Crippen LogP contribution in [0.3, 0.4) is 0 Å². The first-order chi connectivity index (χ1) is 9.13. The molecule has 3 unspecified atom stereocenters. The van der Waals surface area contributed by atoms with Gasteiger partial charge in [-0.1, -0.05) is 13.8 Å². The molecule has 19 heavy (non-hydrogen) atoms. The lowest BCUT2D eigenvalue weighted by Gasteiger charge is -2.33. The van der Waals surface area contributed by atoms with Crippen molar-refractivity contribution in [1.29, 1.82) is 0 Å². The number of aromatic nitrogens is 3. The maximum Gasteiger partial charge on any atom is 0.149 e. The molecule has 1 saturated carbocycles. The van der Waals surface area contributed by atoms with Crippen LogP contribution in [0.4, 0.5) is 0 Å². The summed E-state index contributed by atoms with van der Waals surface area (Å²) in [6.45, 7) is 8.09. The number of hydrogen-bond acceptors (Lipinski definition) is 3. The van der Waals surface area contributed by atoms with Gasteiger partial charge in [0.25, 0.3) is 0 Å². The quantitative estimate of drug-likeness (QED) is 0.910. The van der Waals surface area contributed by atoms with Crippen LogP contribution in [0.5, 0.6) is 0 Å². The van der Waals surface area contributed by atoms with Crippen molar-refractivity contribution in [2.24, 2.45) is 11.8 Å². The van der Waals surface area contributed by atoms with Gasteiger partial charge in [0.1, 0.15) is 11.6 Å². The Morgan fingerprint density at radius 2 is 1.89 bits per heavy atom. The first kappa shape index (κ1) is 13.1. The Balaban J connectivity index is 1.66. The van der Waals surface area contributed by atoms with Gasteiger partial charge in [0.05, 0.1) is 6.04 Å². The summed E-state index contributed by atoms with van der Waals surface area (Å²) in [7, 11) is 0. The molecule has 1 aromatic rings. The fraction of sp³-hybridized carbons (Fsp3) is 0.867. The summed E-state index contributed by atoms with van der Waals surface area (Å²) in [5.41, 5.74) is 0. The van der Waals surface area contributed by atoms with E-state index in [9.17, 15) is 0 Å². The first-order valence-corrected chi connectivity index (χ1v) is 7.81. The van der Waals surface area contributed by atoms with E-state index in [0.29, 0.717) is 12.1 Å². The van der Waals surface area contributed by atoms with E-state index in [1.54, 1.807) is 0 Å². The third-order valence-corrected chi connectivity index (χ3v) is 4.69. The van der Waals surface area contributed by atoms with Crippen molar-refractivity contribution in [3.63, 3.8) is 0 Å². The Labute approximate surface area is 116 Å². The monoisotopic (exact) mass is 262 g/mol. The molecule has 4 nitrogen and oxygen atoms in total. The number of nitrogens with zero attached hydrogens (tertiary/aromatic N) is 3. The summed E-state index contributed by atoms with van der Waals surface area (Å²) in [6.07, 6.45) is 6.30. The van der Waals surface area contributed by atoms with Crippen LogP contribution in [0.2, 0.25) is 0 Å². The maximum atomic E-state index is 4.39. The molecule has 3 rings (SSSR count). The number of rotatable bonds is 3. The molecule has 4 heteroatoms. The number of nitrogens with one attached hydrogen (secondary N) is 1. The van der Waals surface area contributed by atoms with Gasteiger partial charge in [0.15, 0.2) is 0 Å². The van der Waals surface area contributed by atoms with Crippen molar-refractivity contribution in [1.82, 2.24) is 20.1 Å². The van der Waals surface area contributed by atoms with Gasteiger partial charge in [0, 0.05) is 19.0 Å². The SMILES string of the molecule is CC1CC(C)CC(NC(C)c2nnc3n2CCC3)C1. The Hall–Kier alpha value is -0.900. The number of aryl methyl sites for hydroxylation is 1. The topological polar surface area (TPSA) is 42.7 Å². The van der Waals surface area contributed by atoms with Crippen molar-refractivity contribution in [2.75, 3.05) is 0 Å². The highest BCUT2D eigenvalue weighted by Gasteiger charge is 2.27. The Morgan fingerprint density at radius 1 is 1.16 bits per heavy atom. The highest BCUT2D eigenvalue weighted by atomic mass is 15.3. The Morgan fingerprint density at radius 3 is 2.63 bits per heavy atom. The largest absolute Gasteiger partial charge is 0.314 e. The molecule has 0 spiro atoms. The molecule has 0 amide bonds. The van der Waals surface area contributed by atoms with Gasteiger partial charge >= 0.3 is 0 Å². The van der Waals surface area contributed by atoms with E-state index in [0.717, 1.165) is 30.6 Å². The van der Waals surface area contributed by atoms with Crippen LogP contribution < -0.4 is 5.32 Å². The van der Waals surface area contributed by atoms with Crippen LogP contribution in [-0.2, 0) is 13.0 Å². The molecule has 2 heterocycles. The van der Waals surface area contributed by atoms with E-state index < -0.39 is 0 Å². The third kappa shape index (κ3) is 2.69. The summed E-state index contributed by atoms with van der Waals surface area (Å²) in [4.78, 5) is 0. The van der Waals surface area contributed by atoms with E-state index in [1.807, 2.05) is 0 Å². The normalized spacial score (nSPS) is 32.3. The van der Waals surface area contributed by atoms with Gasteiger partial charge in [-0.25, -0.2) is 0 Å². The van der Waals surface area contributed by atoms with Crippen molar-refractivity contribution in [3.8, 4) is 0 Å². The molecule has 1 aliphatic heterocycles. The van der Waals surface area contributed by atoms with E-state index >= 15 is 0 Å². The van der Waals surface area contributed by atoms with Crippen molar-refractivity contribution >= 4 is 0 Å². The molecule has 0 aromatic carbocycles. The molecule has 1 aromatic heterocycles. The zero-order chi connectivity index (χ0) is 13.4. The molecule has 0 saturated heterocycles. The van der Waals surface area contributed by atoms with Crippen LogP contribution in [0.1, 0.15) is 64.1 Å². The number of fused-ring (bicyclic) bond motifs is 1. The lowest BCUT2D eigenvalue weighted by atomic mass is 9.80.